The highest BCUT2D eigenvalue weighted by atomic mass is 16.6. The molecule has 2 heterocycles. The van der Waals surface area contributed by atoms with Gasteiger partial charge in [-0.25, -0.2) is 0 Å². The van der Waals surface area contributed by atoms with E-state index in [0.717, 1.165) is 0 Å². The van der Waals surface area contributed by atoms with Crippen LogP contribution in [0, 0.1) is 17.3 Å². The van der Waals surface area contributed by atoms with Crippen molar-refractivity contribution in [3.63, 3.8) is 0 Å². The monoisotopic (exact) mass is 564 g/mol. The van der Waals surface area contributed by atoms with E-state index in [0.29, 0.717) is 5.57 Å². The third-order valence-electron chi connectivity index (χ3n) is 8.69. The molecule has 0 bridgehead atoms. The van der Waals surface area contributed by atoms with Gasteiger partial charge in [-0.1, -0.05) is 13.0 Å². The first-order chi connectivity index (χ1) is 18.5. The molecule has 12 nitrogen and oxygen atoms in total. The van der Waals surface area contributed by atoms with Crippen LogP contribution in [0.1, 0.15) is 54.9 Å². The lowest BCUT2D eigenvalue weighted by Gasteiger charge is -2.54. The molecule has 2 aliphatic heterocycles. The fourth-order valence-electron chi connectivity index (χ4n) is 6.69. The molecule has 0 radical (unpaired) electrons. The molecule has 0 amide bonds. The highest BCUT2D eigenvalue weighted by Crippen LogP contribution is 2.64. The van der Waals surface area contributed by atoms with Gasteiger partial charge in [-0.05, 0) is 31.6 Å². The van der Waals surface area contributed by atoms with Gasteiger partial charge in [0.2, 0.25) is 0 Å². The average molecular weight is 565 g/mol. The van der Waals surface area contributed by atoms with E-state index in [-0.39, 0.29) is 13.0 Å². The average Bonchev–Trinajstić information content (AvgIpc) is 3.44. The molecule has 220 valence electrons. The molecule has 10 unspecified atom stereocenters. The molecule has 2 aliphatic carbocycles. The molecule has 0 aromatic heterocycles. The Morgan fingerprint density at radius 1 is 1.00 bits per heavy atom. The summed E-state index contributed by atoms with van der Waals surface area (Å²) in [5, 5.41) is 12.4. The van der Waals surface area contributed by atoms with Gasteiger partial charge in [0.15, 0.2) is 11.7 Å². The smallest absolute Gasteiger partial charge is 0.312 e. The Bertz CT molecular complexity index is 1170. The van der Waals surface area contributed by atoms with Crippen molar-refractivity contribution in [2.24, 2.45) is 17.3 Å². The van der Waals surface area contributed by atoms with Crippen LogP contribution in [-0.2, 0) is 52.4 Å². The number of carbonyl (C=O) groups is 5. The Morgan fingerprint density at radius 3 is 2.20 bits per heavy atom. The molecular weight excluding hydrogens is 528 g/mol. The van der Waals surface area contributed by atoms with Gasteiger partial charge in [-0.15, -0.1) is 0 Å². The molecule has 0 spiro atoms. The van der Waals surface area contributed by atoms with E-state index in [1.54, 1.807) is 19.9 Å². The first kappa shape index (κ1) is 29.7. The first-order valence-electron chi connectivity index (χ1n) is 13.2. The van der Waals surface area contributed by atoms with Gasteiger partial charge in [-0.2, -0.15) is 0 Å². The highest BCUT2D eigenvalue weighted by molar-refractivity contribution is 5.78. The van der Waals surface area contributed by atoms with E-state index in [1.165, 1.54) is 46.8 Å². The number of esters is 5. The molecule has 1 saturated carbocycles. The minimum absolute atomic E-state index is 0.241. The predicted molar refractivity (Wildman–Crippen MR) is 134 cm³/mol. The van der Waals surface area contributed by atoms with E-state index < -0.39 is 88.8 Å². The van der Waals surface area contributed by atoms with E-state index in [9.17, 15) is 29.1 Å². The van der Waals surface area contributed by atoms with Crippen LogP contribution in [0.15, 0.2) is 23.8 Å². The first-order valence-corrected chi connectivity index (χ1v) is 13.2. The Kier molecular flexibility index (Phi) is 7.65. The molecular formula is C28H36O12. The number of hydrogen-bond acceptors (Lipinski definition) is 12. The van der Waals surface area contributed by atoms with Crippen molar-refractivity contribution in [3.05, 3.63) is 23.8 Å². The van der Waals surface area contributed by atoms with Crippen LogP contribution in [-0.4, -0.2) is 83.3 Å². The number of ether oxygens (including phenoxy) is 6. The molecule has 0 aromatic rings. The second kappa shape index (κ2) is 10.3. The second-order valence-electron chi connectivity index (χ2n) is 11.4. The summed E-state index contributed by atoms with van der Waals surface area (Å²) in [6.07, 6.45) is -0.480. The summed E-state index contributed by atoms with van der Waals surface area (Å²) in [7, 11) is 0. The minimum Gasteiger partial charge on any atom is -0.462 e. The predicted octanol–water partition coefficient (Wildman–Crippen LogP) is 1.32. The van der Waals surface area contributed by atoms with Gasteiger partial charge in [0.1, 0.15) is 24.9 Å². The molecule has 10 atom stereocenters. The number of epoxide rings is 1. The van der Waals surface area contributed by atoms with E-state index in [4.69, 9.17) is 28.4 Å². The van der Waals surface area contributed by atoms with Gasteiger partial charge in [0.25, 0.3) is 0 Å². The van der Waals surface area contributed by atoms with Gasteiger partial charge >= 0.3 is 29.8 Å². The summed E-state index contributed by atoms with van der Waals surface area (Å²) in [4.78, 5) is 61.8. The molecule has 0 aromatic carbocycles. The minimum atomic E-state index is -2.14. The van der Waals surface area contributed by atoms with Crippen molar-refractivity contribution in [3.8, 4) is 0 Å². The third-order valence-corrected chi connectivity index (χ3v) is 8.69. The topological polar surface area (TPSA) is 164 Å². The SMILES string of the molecule is CC(=O)OCC1=CC2OC(=O)C(C)C2(O)C(OC(C)=O)C2C3(C)OC3CC(OC(C)=O)C2(C)C(OC(C)=O)C=C1. The van der Waals surface area contributed by atoms with Crippen LogP contribution in [0.4, 0.5) is 0 Å². The largest absolute Gasteiger partial charge is 0.462 e. The zero-order chi connectivity index (χ0) is 29.8. The molecule has 4 aliphatic rings. The molecule has 4 rings (SSSR count). The summed E-state index contributed by atoms with van der Waals surface area (Å²) in [6.45, 7) is 9.55. The van der Waals surface area contributed by atoms with Gasteiger partial charge in [0, 0.05) is 40.0 Å². The lowest BCUT2D eigenvalue weighted by Crippen LogP contribution is -2.68. The molecule has 40 heavy (non-hydrogen) atoms. The molecule has 12 heteroatoms. The summed E-state index contributed by atoms with van der Waals surface area (Å²) >= 11 is 0. The Labute approximate surface area is 231 Å². The van der Waals surface area contributed by atoms with Crippen molar-refractivity contribution in [2.45, 2.75) is 96.6 Å². The van der Waals surface area contributed by atoms with E-state index >= 15 is 0 Å². The fourth-order valence-corrected chi connectivity index (χ4v) is 6.69. The van der Waals surface area contributed by atoms with Crippen LogP contribution in [0.2, 0.25) is 0 Å². The van der Waals surface area contributed by atoms with Crippen LogP contribution in [0.5, 0.6) is 0 Å². The van der Waals surface area contributed by atoms with Crippen LogP contribution in [0.25, 0.3) is 0 Å². The third kappa shape index (κ3) is 4.91. The number of carbonyl (C=O) groups excluding carboxylic acids is 5. The maximum absolute atomic E-state index is 13.0. The number of fused-ring (bicyclic) bond motifs is 4. The lowest BCUT2D eigenvalue weighted by molar-refractivity contribution is -0.228. The number of hydrogen-bond donors (Lipinski definition) is 1. The lowest BCUT2D eigenvalue weighted by atomic mass is 9.53. The summed E-state index contributed by atoms with van der Waals surface area (Å²) in [6, 6.07) is 0. The highest BCUT2D eigenvalue weighted by Gasteiger charge is 2.77. The van der Waals surface area contributed by atoms with Crippen molar-refractivity contribution in [1.29, 1.82) is 0 Å². The summed E-state index contributed by atoms with van der Waals surface area (Å²) < 4.78 is 34.4. The van der Waals surface area contributed by atoms with Crippen molar-refractivity contribution >= 4 is 29.8 Å². The van der Waals surface area contributed by atoms with Crippen LogP contribution < -0.4 is 0 Å². The van der Waals surface area contributed by atoms with E-state index in [1.807, 2.05) is 0 Å². The quantitative estimate of drug-likeness (QED) is 0.290. The summed E-state index contributed by atoms with van der Waals surface area (Å²) in [5.41, 5.74) is -4.20. The van der Waals surface area contributed by atoms with Gasteiger partial charge in [0.05, 0.1) is 23.0 Å². The van der Waals surface area contributed by atoms with Crippen molar-refractivity contribution in [1.82, 2.24) is 0 Å². The maximum atomic E-state index is 13.0. The standard InChI is InChI=1S/C28H36O12/c1-13-25(33)39-22-10-18(12-35-14(2)29)8-9-19(36-15(3)30)26(6)20(37-16(4)31)11-21-27(7,40-21)23(26)24(28(13,22)34)38-17(5)32/h8-10,13,19-24,34H,11-12H2,1-7H3. The molecule has 3 fully saturated rings. The van der Waals surface area contributed by atoms with Crippen molar-refractivity contribution < 1.29 is 57.5 Å². The second-order valence-corrected chi connectivity index (χ2v) is 11.4. The van der Waals surface area contributed by atoms with Gasteiger partial charge < -0.3 is 33.5 Å². The fraction of sp³-hybridized carbons (Fsp3) is 0.679. The van der Waals surface area contributed by atoms with Gasteiger partial charge in [-0.3, -0.25) is 24.0 Å². The zero-order valence-electron chi connectivity index (χ0n) is 23.6. The van der Waals surface area contributed by atoms with Crippen molar-refractivity contribution in [2.75, 3.05) is 6.61 Å². The Hall–Kier alpha value is -3.25. The Morgan fingerprint density at radius 2 is 1.62 bits per heavy atom. The van der Waals surface area contributed by atoms with Crippen LogP contribution >= 0.6 is 0 Å². The van der Waals surface area contributed by atoms with E-state index in [2.05, 4.69) is 0 Å². The summed E-state index contributed by atoms with van der Waals surface area (Å²) in [5.74, 6) is -5.44. The Balaban J connectivity index is 2.03. The molecule has 1 N–H and O–H groups in total. The molecule has 2 saturated heterocycles. The van der Waals surface area contributed by atoms with Crippen LogP contribution in [0.3, 0.4) is 0 Å². The number of aliphatic hydroxyl groups is 1. The normalized spacial score (nSPS) is 41.6. The maximum Gasteiger partial charge on any atom is 0.312 e. The number of rotatable bonds is 5. The zero-order valence-corrected chi connectivity index (χ0v) is 23.6.